The maximum Gasteiger partial charge on any atom is 0.0947 e. The highest BCUT2D eigenvalue weighted by molar-refractivity contribution is 6.30. The first kappa shape index (κ1) is 14.1. The summed E-state index contributed by atoms with van der Waals surface area (Å²) in [5, 5.41) is 4.33. The van der Waals surface area contributed by atoms with E-state index < -0.39 is 0 Å². The molecule has 0 saturated carbocycles. The van der Waals surface area contributed by atoms with Crippen molar-refractivity contribution in [3.05, 3.63) is 53.1 Å². The third-order valence-electron chi connectivity index (χ3n) is 3.08. The van der Waals surface area contributed by atoms with Crippen LogP contribution in [0.25, 0.3) is 0 Å². The Labute approximate surface area is 119 Å². The Morgan fingerprint density at radius 2 is 2.05 bits per heavy atom. The largest absolute Gasteiger partial charge is 0.340 e. The number of hydrogen-bond acceptors (Lipinski definition) is 2. The van der Waals surface area contributed by atoms with E-state index in [9.17, 15) is 0 Å². The highest BCUT2D eigenvalue weighted by atomic mass is 35.5. The van der Waals surface area contributed by atoms with Gasteiger partial charge in [0.1, 0.15) is 0 Å². The molecule has 1 aromatic heterocycles. The lowest BCUT2D eigenvalue weighted by Crippen LogP contribution is -2.24. The van der Waals surface area contributed by atoms with E-state index >= 15 is 0 Å². The summed E-state index contributed by atoms with van der Waals surface area (Å²) < 4.78 is 1.98. The molecule has 1 N–H and O–H groups in total. The van der Waals surface area contributed by atoms with E-state index in [4.69, 9.17) is 11.6 Å². The molecule has 1 atom stereocenters. The number of nitrogens with zero attached hydrogens (tertiary/aromatic N) is 2. The molecule has 1 heterocycles. The number of aromatic nitrogens is 2. The van der Waals surface area contributed by atoms with Crippen LogP contribution in [0.1, 0.15) is 30.6 Å². The highest BCUT2D eigenvalue weighted by Crippen LogP contribution is 2.18. The molecule has 0 radical (unpaired) electrons. The average molecular weight is 278 g/mol. The van der Waals surface area contributed by atoms with E-state index in [2.05, 4.69) is 35.6 Å². The van der Waals surface area contributed by atoms with Crippen molar-refractivity contribution in [3.63, 3.8) is 0 Å². The second-order valence-corrected chi connectivity index (χ2v) is 5.24. The van der Waals surface area contributed by atoms with E-state index in [0.717, 1.165) is 30.1 Å². The minimum absolute atomic E-state index is 0.252. The van der Waals surface area contributed by atoms with Crippen LogP contribution in [0.2, 0.25) is 5.02 Å². The molecule has 0 fully saturated rings. The Morgan fingerprint density at radius 3 is 2.63 bits per heavy atom. The summed E-state index contributed by atoms with van der Waals surface area (Å²) in [7, 11) is 2.00. The summed E-state index contributed by atoms with van der Waals surface area (Å²) in [6, 6.07) is 8.28. The SMILES string of the molecule is CCCNC(Cc1ccc(Cl)cc1)c1cn(C)cn1. The van der Waals surface area contributed by atoms with Gasteiger partial charge < -0.3 is 9.88 Å². The van der Waals surface area contributed by atoms with Gasteiger partial charge in [0.15, 0.2) is 0 Å². The molecule has 0 saturated heterocycles. The van der Waals surface area contributed by atoms with Gasteiger partial charge in [0, 0.05) is 18.3 Å². The third-order valence-corrected chi connectivity index (χ3v) is 3.33. The molecule has 2 rings (SSSR count). The molecule has 4 heteroatoms. The molecular weight excluding hydrogens is 258 g/mol. The van der Waals surface area contributed by atoms with Gasteiger partial charge in [-0.3, -0.25) is 0 Å². The lowest BCUT2D eigenvalue weighted by molar-refractivity contribution is 0.519. The minimum Gasteiger partial charge on any atom is -0.340 e. The van der Waals surface area contributed by atoms with Crippen LogP contribution in [0, 0.1) is 0 Å². The van der Waals surface area contributed by atoms with Crippen LogP contribution in [-0.4, -0.2) is 16.1 Å². The van der Waals surface area contributed by atoms with Crippen LogP contribution in [0.3, 0.4) is 0 Å². The Morgan fingerprint density at radius 1 is 1.32 bits per heavy atom. The maximum atomic E-state index is 5.92. The van der Waals surface area contributed by atoms with Gasteiger partial charge in [0.2, 0.25) is 0 Å². The number of aryl methyl sites for hydroxylation is 1. The van der Waals surface area contributed by atoms with E-state index in [-0.39, 0.29) is 6.04 Å². The summed E-state index contributed by atoms with van der Waals surface area (Å²) >= 11 is 5.92. The quantitative estimate of drug-likeness (QED) is 0.877. The standard InChI is InChI=1S/C15H20ClN3/c1-3-8-17-14(15-10-19(2)11-18-15)9-12-4-6-13(16)7-5-12/h4-7,10-11,14,17H,3,8-9H2,1-2H3. The van der Waals surface area contributed by atoms with Crippen LogP contribution in [0.5, 0.6) is 0 Å². The van der Waals surface area contributed by atoms with Gasteiger partial charge in [-0.15, -0.1) is 0 Å². The lowest BCUT2D eigenvalue weighted by Gasteiger charge is -2.16. The molecule has 1 unspecified atom stereocenters. The second-order valence-electron chi connectivity index (χ2n) is 4.80. The highest BCUT2D eigenvalue weighted by Gasteiger charge is 2.13. The number of imidazole rings is 1. The zero-order chi connectivity index (χ0) is 13.7. The molecule has 0 aliphatic rings. The van der Waals surface area contributed by atoms with Crippen LogP contribution < -0.4 is 5.32 Å². The van der Waals surface area contributed by atoms with E-state index in [1.807, 2.05) is 30.1 Å². The Kier molecular flexibility index (Phi) is 5.00. The van der Waals surface area contributed by atoms with E-state index in [1.165, 1.54) is 5.56 Å². The van der Waals surface area contributed by atoms with Gasteiger partial charge in [-0.1, -0.05) is 30.7 Å². The number of benzene rings is 1. The molecular formula is C15H20ClN3. The van der Waals surface area contributed by atoms with Crippen LogP contribution in [0.15, 0.2) is 36.8 Å². The number of nitrogens with one attached hydrogen (secondary N) is 1. The summed E-state index contributed by atoms with van der Waals surface area (Å²) in [4.78, 5) is 4.46. The Hall–Kier alpha value is -1.32. The van der Waals surface area contributed by atoms with E-state index in [1.54, 1.807) is 0 Å². The van der Waals surface area contributed by atoms with Crippen molar-refractivity contribution in [2.24, 2.45) is 7.05 Å². The molecule has 0 spiro atoms. The van der Waals surface area contributed by atoms with Crippen molar-refractivity contribution in [2.45, 2.75) is 25.8 Å². The average Bonchev–Trinajstić information content (AvgIpc) is 2.83. The van der Waals surface area contributed by atoms with Gasteiger partial charge >= 0.3 is 0 Å². The maximum absolute atomic E-state index is 5.92. The van der Waals surface area contributed by atoms with Crippen LogP contribution in [-0.2, 0) is 13.5 Å². The first-order valence-electron chi connectivity index (χ1n) is 6.64. The fourth-order valence-corrected chi connectivity index (χ4v) is 2.20. The van der Waals surface area contributed by atoms with Crippen molar-refractivity contribution in [3.8, 4) is 0 Å². The topological polar surface area (TPSA) is 29.9 Å². The van der Waals surface area contributed by atoms with Gasteiger partial charge in [-0.2, -0.15) is 0 Å². The molecule has 0 aliphatic carbocycles. The Balaban J connectivity index is 2.11. The summed E-state index contributed by atoms with van der Waals surface area (Å²) in [5.74, 6) is 0. The number of halogens is 1. The number of hydrogen-bond donors (Lipinski definition) is 1. The minimum atomic E-state index is 0.252. The first-order valence-corrected chi connectivity index (χ1v) is 7.02. The van der Waals surface area contributed by atoms with Crippen LogP contribution in [0.4, 0.5) is 0 Å². The molecule has 3 nitrogen and oxygen atoms in total. The van der Waals surface area contributed by atoms with Gasteiger partial charge in [0.25, 0.3) is 0 Å². The molecule has 1 aromatic carbocycles. The first-order chi connectivity index (χ1) is 9.19. The smallest absolute Gasteiger partial charge is 0.0947 e. The van der Waals surface area contributed by atoms with Gasteiger partial charge in [-0.25, -0.2) is 4.98 Å². The zero-order valence-corrected chi connectivity index (χ0v) is 12.2. The summed E-state index contributed by atoms with van der Waals surface area (Å²) in [6.07, 6.45) is 5.96. The van der Waals surface area contributed by atoms with Crippen molar-refractivity contribution < 1.29 is 0 Å². The van der Waals surface area contributed by atoms with E-state index in [0.29, 0.717) is 0 Å². The predicted octanol–water partition coefficient (Wildman–Crippen LogP) is 3.36. The fourth-order valence-electron chi connectivity index (χ4n) is 2.07. The monoisotopic (exact) mass is 277 g/mol. The van der Waals surface area contributed by atoms with Crippen LogP contribution >= 0.6 is 11.6 Å². The second kappa shape index (κ2) is 6.73. The lowest BCUT2D eigenvalue weighted by atomic mass is 10.0. The van der Waals surface area contributed by atoms with Crippen molar-refractivity contribution >= 4 is 11.6 Å². The predicted molar refractivity (Wildman–Crippen MR) is 79.4 cm³/mol. The normalized spacial score (nSPS) is 12.6. The molecule has 0 aliphatic heterocycles. The van der Waals surface area contributed by atoms with Crippen molar-refractivity contribution in [1.82, 2.24) is 14.9 Å². The summed E-state index contributed by atoms with van der Waals surface area (Å²) in [5.41, 5.74) is 2.36. The summed E-state index contributed by atoms with van der Waals surface area (Å²) in [6.45, 7) is 3.17. The molecule has 0 bridgehead atoms. The molecule has 19 heavy (non-hydrogen) atoms. The van der Waals surface area contributed by atoms with Crippen molar-refractivity contribution in [2.75, 3.05) is 6.54 Å². The fraction of sp³-hybridized carbons (Fsp3) is 0.400. The van der Waals surface area contributed by atoms with Gasteiger partial charge in [0.05, 0.1) is 18.1 Å². The molecule has 0 amide bonds. The zero-order valence-electron chi connectivity index (χ0n) is 11.4. The Bertz CT molecular complexity index is 504. The third kappa shape index (κ3) is 4.08. The van der Waals surface area contributed by atoms with Crippen molar-refractivity contribution in [1.29, 1.82) is 0 Å². The van der Waals surface area contributed by atoms with Gasteiger partial charge in [-0.05, 0) is 37.1 Å². The molecule has 102 valence electrons. The number of rotatable bonds is 6. The molecule has 2 aromatic rings.